The van der Waals surface area contributed by atoms with Gasteiger partial charge in [-0.3, -0.25) is 9.69 Å². The molecule has 3 heterocycles. The molecular formula is C25H24ClN3OS. The maximum atomic E-state index is 13.5. The van der Waals surface area contributed by atoms with E-state index in [0.29, 0.717) is 6.54 Å². The minimum atomic E-state index is 0.122. The summed E-state index contributed by atoms with van der Waals surface area (Å²) >= 11 is 8.01. The Balaban J connectivity index is 1.31. The van der Waals surface area contributed by atoms with Crippen LogP contribution in [0.2, 0.25) is 5.02 Å². The van der Waals surface area contributed by atoms with E-state index in [-0.39, 0.29) is 5.91 Å². The molecular weight excluding hydrogens is 426 g/mol. The third kappa shape index (κ3) is 4.26. The van der Waals surface area contributed by atoms with E-state index < -0.39 is 0 Å². The number of benzene rings is 2. The number of amides is 1. The number of carbonyl (C=O) groups is 1. The van der Waals surface area contributed by atoms with Crippen LogP contribution in [0, 0.1) is 0 Å². The number of hydrogen-bond acceptors (Lipinski definition) is 3. The summed E-state index contributed by atoms with van der Waals surface area (Å²) in [5.41, 5.74) is 4.26. The Labute approximate surface area is 191 Å². The molecule has 4 aromatic rings. The van der Waals surface area contributed by atoms with Crippen LogP contribution in [0.5, 0.6) is 0 Å². The van der Waals surface area contributed by atoms with E-state index in [1.807, 2.05) is 41.3 Å². The lowest BCUT2D eigenvalue weighted by Crippen LogP contribution is -2.48. The first-order valence-corrected chi connectivity index (χ1v) is 11.8. The molecule has 31 heavy (non-hydrogen) atoms. The SMILES string of the molecule is O=C(c1cc2sccc2n1Cc1ccccc1)N1CCN(Cc2ccccc2Cl)CC1. The number of thiophene rings is 1. The first kappa shape index (κ1) is 20.3. The molecule has 0 aliphatic carbocycles. The summed E-state index contributed by atoms with van der Waals surface area (Å²) in [5.74, 6) is 0.122. The van der Waals surface area contributed by atoms with E-state index in [9.17, 15) is 4.79 Å². The van der Waals surface area contributed by atoms with E-state index >= 15 is 0 Å². The van der Waals surface area contributed by atoms with Gasteiger partial charge < -0.3 is 9.47 Å². The summed E-state index contributed by atoms with van der Waals surface area (Å²) in [7, 11) is 0. The van der Waals surface area contributed by atoms with Crippen LogP contribution >= 0.6 is 22.9 Å². The smallest absolute Gasteiger partial charge is 0.270 e. The number of aromatic nitrogens is 1. The Bertz CT molecular complexity index is 1190. The lowest BCUT2D eigenvalue weighted by atomic mass is 10.2. The molecule has 0 N–H and O–H groups in total. The van der Waals surface area contributed by atoms with Crippen LogP contribution in [0.3, 0.4) is 0 Å². The summed E-state index contributed by atoms with van der Waals surface area (Å²) < 4.78 is 3.33. The van der Waals surface area contributed by atoms with Gasteiger partial charge in [-0.2, -0.15) is 0 Å². The fourth-order valence-corrected chi connectivity index (χ4v) is 5.25. The molecule has 158 valence electrons. The highest BCUT2D eigenvalue weighted by molar-refractivity contribution is 7.17. The Kier molecular flexibility index (Phi) is 5.81. The molecule has 1 aliphatic rings. The third-order valence-electron chi connectivity index (χ3n) is 5.94. The molecule has 0 bridgehead atoms. The number of rotatable bonds is 5. The highest BCUT2D eigenvalue weighted by Gasteiger charge is 2.26. The van der Waals surface area contributed by atoms with Gasteiger partial charge in [0.1, 0.15) is 5.69 Å². The molecule has 0 spiro atoms. The van der Waals surface area contributed by atoms with Gasteiger partial charge in [0.25, 0.3) is 5.91 Å². The number of halogens is 1. The van der Waals surface area contributed by atoms with Crippen LogP contribution < -0.4 is 0 Å². The van der Waals surface area contributed by atoms with Crippen molar-refractivity contribution in [1.29, 1.82) is 0 Å². The second-order valence-electron chi connectivity index (χ2n) is 7.93. The normalized spacial score (nSPS) is 14.9. The van der Waals surface area contributed by atoms with Crippen LogP contribution in [-0.4, -0.2) is 46.5 Å². The lowest BCUT2D eigenvalue weighted by molar-refractivity contribution is 0.0619. The van der Waals surface area contributed by atoms with Gasteiger partial charge in [0, 0.05) is 44.3 Å². The van der Waals surface area contributed by atoms with E-state index in [1.54, 1.807) is 11.3 Å². The molecule has 4 nitrogen and oxygen atoms in total. The van der Waals surface area contributed by atoms with Crippen molar-refractivity contribution < 1.29 is 4.79 Å². The summed E-state index contributed by atoms with van der Waals surface area (Å²) in [6.45, 7) is 4.69. The van der Waals surface area contributed by atoms with Gasteiger partial charge in [-0.05, 0) is 34.7 Å². The standard InChI is InChI=1S/C25H24ClN3OS/c26-21-9-5-4-8-20(21)18-27-11-13-28(14-12-27)25(30)23-16-24-22(10-15-31-24)29(23)17-19-6-2-1-3-7-19/h1-10,15-16H,11-14,17-18H2. The predicted octanol–water partition coefficient (Wildman–Crippen LogP) is 5.36. The van der Waals surface area contributed by atoms with Crippen LogP contribution in [0.1, 0.15) is 21.6 Å². The molecule has 1 saturated heterocycles. The first-order valence-electron chi connectivity index (χ1n) is 10.5. The summed E-state index contributed by atoms with van der Waals surface area (Å²) in [6.07, 6.45) is 0. The van der Waals surface area contributed by atoms with Crippen molar-refractivity contribution >= 4 is 39.1 Å². The minimum absolute atomic E-state index is 0.122. The van der Waals surface area contributed by atoms with Gasteiger partial charge in [-0.1, -0.05) is 60.1 Å². The summed E-state index contributed by atoms with van der Waals surface area (Å²) in [4.78, 5) is 17.8. The number of nitrogens with zero attached hydrogens (tertiary/aromatic N) is 3. The van der Waals surface area contributed by atoms with Crippen molar-refractivity contribution in [2.24, 2.45) is 0 Å². The molecule has 1 fully saturated rings. The van der Waals surface area contributed by atoms with Crippen LogP contribution in [0.25, 0.3) is 10.2 Å². The second-order valence-corrected chi connectivity index (χ2v) is 9.29. The lowest BCUT2D eigenvalue weighted by Gasteiger charge is -2.35. The van der Waals surface area contributed by atoms with Gasteiger partial charge in [0.05, 0.1) is 10.2 Å². The maximum Gasteiger partial charge on any atom is 0.270 e. The molecule has 0 radical (unpaired) electrons. The van der Waals surface area contributed by atoms with Gasteiger partial charge >= 0.3 is 0 Å². The Hall–Kier alpha value is -2.60. The third-order valence-corrected chi connectivity index (χ3v) is 7.16. The first-order chi connectivity index (χ1) is 15.2. The van der Waals surface area contributed by atoms with E-state index in [0.717, 1.165) is 59.2 Å². The minimum Gasteiger partial charge on any atom is -0.335 e. The van der Waals surface area contributed by atoms with Gasteiger partial charge in [0.2, 0.25) is 0 Å². The van der Waals surface area contributed by atoms with Crippen molar-refractivity contribution in [2.45, 2.75) is 13.1 Å². The maximum absolute atomic E-state index is 13.5. The highest BCUT2D eigenvalue weighted by atomic mass is 35.5. The zero-order chi connectivity index (χ0) is 21.2. The highest BCUT2D eigenvalue weighted by Crippen LogP contribution is 2.27. The Morgan fingerprint density at radius 2 is 1.65 bits per heavy atom. The van der Waals surface area contributed by atoms with Gasteiger partial charge in [0.15, 0.2) is 0 Å². The van der Waals surface area contributed by atoms with E-state index in [2.05, 4.69) is 45.2 Å². The summed E-state index contributed by atoms with van der Waals surface area (Å²) in [6, 6.07) is 22.5. The topological polar surface area (TPSA) is 28.5 Å². The fourth-order valence-electron chi connectivity index (χ4n) is 4.23. The van der Waals surface area contributed by atoms with Gasteiger partial charge in [-0.25, -0.2) is 0 Å². The number of hydrogen-bond donors (Lipinski definition) is 0. The molecule has 5 rings (SSSR count). The average Bonchev–Trinajstić information content (AvgIpc) is 3.39. The van der Waals surface area contributed by atoms with Gasteiger partial charge in [-0.15, -0.1) is 11.3 Å². The number of piperazine rings is 1. The Morgan fingerprint density at radius 3 is 2.42 bits per heavy atom. The number of fused-ring (bicyclic) bond motifs is 1. The zero-order valence-corrected chi connectivity index (χ0v) is 18.8. The molecule has 2 aromatic carbocycles. The van der Waals surface area contributed by atoms with E-state index in [1.165, 1.54) is 5.56 Å². The van der Waals surface area contributed by atoms with E-state index in [4.69, 9.17) is 11.6 Å². The predicted molar refractivity (Wildman–Crippen MR) is 128 cm³/mol. The molecule has 1 amide bonds. The van der Waals surface area contributed by atoms with Crippen molar-refractivity contribution in [3.8, 4) is 0 Å². The van der Waals surface area contributed by atoms with Crippen LogP contribution in [0.4, 0.5) is 0 Å². The number of carbonyl (C=O) groups excluding carboxylic acids is 1. The molecule has 0 atom stereocenters. The van der Waals surface area contributed by atoms with Crippen LogP contribution in [-0.2, 0) is 13.1 Å². The quantitative estimate of drug-likeness (QED) is 0.410. The Morgan fingerprint density at radius 1 is 0.903 bits per heavy atom. The molecule has 0 saturated carbocycles. The molecule has 2 aromatic heterocycles. The van der Waals surface area contributed by atoms with Crippen molar-refractivity contribution in [3.05, 3.63) is 94.0 Å². The van der Waals surface area contributed by atoms with Crippen LogP contribution in [0.15, 0.2) is 72.1 Å². The molecule has 0 unspecified atom stereocenters. The monoisotopic (exact) mass is 449 g/mol. The fraction of sp³-hybridized carbons (Fsp3) is 0.240. The largest absolute Gasteiger partial charge is 0.335 e. The summed E-state index contributed by atoms with van der Waals surface area (Å²) in [5, 5.41) is 2.90. The molecule has 6 heteroatoms. The average molecular weight is 450 g/mol. The molecule has 1 aliphatic heterocycles. The zero-order valence-electron chi connectivity index (χ0n) is 17.2. The van der Waals surface area contributed by atoms with Crippen molar-refractivity contribution in [1.82, 2.24) is 14.4 Å². The van der Waals surface area contributed by atoms with Crippen molar-refractivity contribution in [2.75, 3.05) is 26.2 Å². The van der Waals surface area contributed by atoms with Crippen molar-refractivity contribution in [3.63, 3.8) is 0 Å². The second kappa shape index (κ2) is 8.87.